The van der Waals surface area contributed by atoms with Gasteiger partial charge in [-0.25, -0.2) is 4.79 Å². The van der Waals surface area contributed by atoms with E-state index in [0.717, 1.165) is 39.3 Å². The molecule has 0 aromatic heterocycles. The first-order chi connectivity index (χ1) is 7.72. The summed E-state index contributed by atoms with van der Waals surface area (Å²) in [5.74, 6) is 0. The summed E-state index contributed by atoms with van der Waals surface area (Å²) >= 11 is 0. The summed E-state index contributed by atoms with van der Waals surface area (Å²) in [4.78, 5) is 18.5. The molecule has 5 heteroatoms. The molecule has 0 radical (unpaired) electrons. The average Bonchev–Trinajstić information content (AvgIpc) is 2.28. The number of piperidine rings is 1. The monoisotopic (exact) mass is 224 g/mol. The highest BCUT2D eigenvalue weighted by atomic mass is 16.2. The molecule has 0 aliphatic carbocycles. The van der Waals surface area contributed by atoms with E-state index in [1.165, 1.54) is 6.42 Å². The van der Waals surface area contributed by atoms with Gasteiger partial charge in [0, 0.05) is 51.4 Å². The molecule has 0 spiro atoms. The fraction of sp³-hybridized carbons (Fsp3) is 0.909. The second-order valence-corrected chi connectivity index (χ2v) is 5.27. The highest BCUT2D eigenvalue weighted by molar-refractivity contribution is 5.75. The van der Waals surface area contributed by atoms with Gasteiger partial charge in [-0.2, -0.15) is 0 Å². The molecule has 4 saturated heterocycles. The molecule has 2 bridgehead atoms. The van der Waals surface area contributed by atoms with Crippen LogP contribution in [0.3, 0.4) is 0 Å². The van der Waals surface area contributed by atoms with Gasteiger partial charge in [0.2, 0.25) is 0 Å². The minimum Gasteiger partial charge on any atom is -0.322 e. The number of amides is 2. The van der Waals surface area contributed by atoms with Gasteiger partial charge in [-0.3, -0.25) is 0 Å². The number of hydrogen-bond acceptors (Lipinski definition) is 3. The summed E-state index contributed by atoms with van der Waals surface area (Å²) < 4.78 is 0. The summed E-state index contributed by atoms with van der Waals surface area (Å²) in [6.45, 7) is 5.59. The first kappa shape index (κ1) is 10.4. The van der Waals surface area contributed by atoms with Gasteiger partial charge in [-0.15, -0.1) is 0 Å². The van der Waals surface area contributed by atoms with Crippen molar-refractivity contribution in [1.82, 2.24) is 20.0 Å². The molecule has 4 fully saturated rings. The number of rotatable bonds is 0. The van der Waals surface area contributed by atoms with E-state index in [2.05, 4.69) is 17.3 Å². The number of carbonyl (C=O) groups excluding carboxylic acids is 1. The van der Waals surface area contributed by atoms with Gasteiger partial charge in [0.15, 0.2) is 0 Å². The normalized spacial score (nSPS) is 34.8. The molecule has 16 heavy (non-hydrogen) atoms. The zero-order chi connectivity index (χ0) is 11.1. The number of hydrogen-bond donors (Lipinski definition) is 1. The van der Waals surface area contributed by atoms with E-state index in [1.807, 2.05) is 9.80 Å². The SMILES string of the molecule is CN1CCN(C(=O)N2CC3CC(C2)N3)CC1. The van der Waals surface area contributed by atoms with Crippen LogP contribution in [0.25, 0.3) is 0 Å². The second kappa shape index (κ2) is 3.89. The van der Waals surface area contributed by atoms with Crippen molar-refractivity contribution in [2.75, 3.05) is 46.3 Å². The van der Waals surface area contributed by atoms with Crippen molar-refractivity contribution in [2.24, 2.45) is 0 Å². The van der Waals surface area contributed by atoms with Gasteiger partial charge in [-0.05, 0) is 13.5 Å². The lowest BCUT2D eigenvalue weighted by Crippen LogP contribution is -2.69. The molecule has 5 nitrogen and oxygen atoms in total. The van der Waals surface area contributed by atoms with Crippen molar-refractivity contribution >= 4 is 6.03 Å². The molecule has 90 valence electrons. The molecule has 2 atom stereocenters. The molecule has 4 rings (SSSR count). The maximum Gasteiger partial charge on any atom is 0.320 e. The number of carbonyl (C=O) groups is 1. The number of urea groups is 1. The number of piperazine rings is 2. The highest BCUT2D eigenvalue weighted by Crippen LogP contribution is 2.21. The summed E-state index contributed by atoms with van der Waals surface area (Å²) in [5, 5.41) is 3.45. The summed E-state index contributed by atoms with van der Waals surface area (Å²) in [5.41, 5.74) is 0. The van der Waals surface area contributed by atoms with Gasteiger partial charge < -0.3 is 20.0 Å². The molecule has 4 heterocycles. The highest BCUT2D eigenvalue weighted by Gasteiger charge is 2.39. The minimum atomic E-state index is 0.254. The largest absolute Gasteiger partial charge is 0.322 e. The Morgan fingerprint density at radius 1 is 1.06 bits per heavy atom. The lowest BCUT2D eigenvalue weighted by atomic mass is 9.91. The molecule has 4 aliphatic heterocycles. The number of fused-ring (bicyclic) bond motifs is 2. The predicted molar refractivity (Wildman–Crippen MR) is 61.4 cm³/mol. The first-order valence-electron chi connectivity index (χ1n) is 6.21. The van der Waals surface area contributed by atoms with Gasteiger partial charge >= 0.3 is 6.03 Å². The van der Waals surface area contributed by atoms with Crippen LogP contribution in [0.15, 0.2) is 0 Å². The molecular formula is C11H20N4O. The Hall–Kier alpha value is -0.810. The summed E-state index contributed by atoms with van der Waals surface area (Å²) in [7, 11) is 2.11. The van der Waals surface area contributed by atoms with Crippen LogP contribution in [-0.4, -0.2) is 79.1 Å². The van der Waals surface area contributed by atoms with Gasteiger partial charge in [0.1, 0.15) is 0 Å². The van der Waals surface area contributed by atoms with Crippen molar-refractivity contribution < 1.29 is 4.79 Å². The third kappa shape index (κ3) is 1.78. The Morgan fingerprint density at radius 2 is 1.62 bits per heavy atom. The first-order valence-corrected chi connectivity index (χ1v) is 6.21. The van der Waals surface area contributed by atoms with Crippen LogP contribution in [0.2, 0.25) is 0 Å². The van der Waals surface area contributed by atoms with E-state index in [-0.39, 0.29) is 6.03 Å². The third-order valence-corrected chi connectivity index (χ3v) is 3.97. The molecule has 0 aromatic rings. The fourth-order valence-corrected chi connectivity index (χ4v) is 2.87. The van der Waals surface area contributed by atoms with Gasteiger partial charge in [0.05, 0.1) is 0 Å². The average molecular weight is 224 g/mol. The van der Waals surface area contributed by atoms with Crippen molar-refractivity contribution in [3.05, 3.63) is 0 Å². The second-order valence-electron chi connectivity index (χ2n) is 5.27. The van der Waals surface area contributed by atoms with Gasteiger partial charge in [-0.1, -0.05) is 0 Å². The van der Waals surface area contributed by atoms with E-state index >= 15 is 0 Å². The maximum absolute atomic E-state index is 12.2. The Kier molecular flexibility index (Phi) is 2.52. The summed E-state index contributed by atoms with van der Waals surface area (Å²) in [6.07, 6.45) is 1.26. The van der Waals surface area contributed by atoms with Crippen LogP contribution >= 0.6 is 0 Å². The van der Waals surface area contributed by atoms with Crippen LogP contribution in [0, 0.1) is 0 Å². The van der Waals surface area contributed by atoms with E-state index in [1.54, 1.807) is 0 Å². The predicted octanol–water partition coefficient (Wildman–Crippen LogP) is -0.600. The molecule has 2 unspecified atom stereocenters. The number of likely N-dealkylation sites (N-methyl/N-ethyl adjacent to an activating group) is 1. The minimum absolute atomic E-state index is 0.254. The Bertz CT molecular complexity index is 272. The van der Waals surface area contributed by atoms with Crippen LogP contribution in [0.1, 0.15) is 6.42 Å². The van der Waals surface area contributed by atoms with Crippen LogP contribution in [0.4, 0.5) is 4.79 Å². The van der Waals surface area contributed by atoms with E-state index < -0.39 is 0 Å². The van der Waals surface area contributed by atoms with Crippen molar-refractivity contribution in [2.45, 2.75) is 18.5 Å². The Labute approximate surface area is 96.4 Å². The smallest absolute Gasteiger partial charge is 0.320 e. The lowest BCUT2D eigenvalue weighted by Gasteiger charge is -2.49. The quantitative estimate of drug-likeness (QED) is 0.597. The Balaban J connectivity index is 1.56. The van der Waals surface area contributed by atoms with Crippen molar-refractivity contribution in [3.8, 4) is 0 Å². The molecule has 2 amide bonds. The zero-order valence-corrected chi connectivity index (χ0v) is 9.85. The summed E-state index contributed by atoms with van der Waals surface area (Å²) in [6, 6.07) is 1.38. The van der Waals surface area contributed by atoms with Crippen LogP contribution in [0.5, 0.6) is 0 Å². The molecule has 4 aliphatic rings. The molecular weight excluding hydrogens is 204 g/mol. The van der Waals surface area contributed by atoms with Crippen molar-refractivity contribution in [3.63, 3.8) is 0 Å². The number of nitrogens with one attached hydrogen (secondary N) is 1. The standard InChI is InChI=1S/C11H20N4O/c1-13-2-4-14(5-3-13)11(16)15-7-9-6-10(8-15)12-9/h9-10,12H,2-8H2,1H3. The van der Waals surface area contributed by atoms with Crippen LogP contribution in [-0.2, 0) is 0 Å². The van der Waals surface area contributed by atoms with Crippen LogP contribution < -0.4 is 5.32 Å². The number of nitrogens with zero attached hydrogens (tertiary/aromatic N) is 3. The molecule has 1 N–H and O–H groups in total. The van der Waals surface area contributed by atoms with Gasteiger partial charge in [0.25, 0.3) is 0 Å². The zero-order valence-electron chi connectivity index (χ0n) is 9.85. The molecule has 0 aromatic carbocycles. The Morgan fingerprint density at radius 3 is 2.19 bits per heavy atom. The fourth-order valence-electron chi connectivity index (χ4n) is 2.87. The lowest BCUT2D eigenvalue weighted by molar-refractivity contribution is 0.0669. The maximum atomic E-state index is 12.2. The third-order valence-electron chi connectivity index (χ3n) is 3.97. The van der Waals surface area contributed by atoms with E-state index in [0.29, 0.717) is 12.1 Å². The molecule has 0 saturated carbocycles. The topological polar surface area (TPSA) is 38.8 Å². The van der Waals surface area contributed by atoms with Crippen molar-refractivity contribution in [1.29, 1.82) is 0 Å². The van der Waals surface area contributed by atoms with E-state index in [9.17, 15) is 4.79 Å². The van der Waals surface area contributed by atoms with E-state index in [4.69, 9.17) is 0 Å².